The maximum Gasteiger partial charge on any atom is 0.240 e. The Balaban J connectivity index is 1.86. The summed E-state index contributed by atoms with van der Waals surface area (Å²) in [6.07, 6.45) is 0.841. The number of rotatable bonds is 10. The maximum absolute atomic E-state index is 12.2. The van der Waals surface area contributed by atoms with E-state index in [1.807, 2.05) is 6.07 Å². The highest BCUT2D eigenvalue weighted by atomic mass is 32.2. The SMILES string of the molecule is COc1ccc(CC(=O)NCCc2ccc(S(=O)(=O)NC(C)C)cc2)cc1OC. The second-order valence-corrected chi connectivity index (χ2v) is 8.60. The Hall–Kier alpha value is -2.58. The molecule has 158 valence electrons. The van der Waals surface area contributed by atoms with E-state index in [2.05, 4.69) is 10.0 Å². The Labute approximate surface area is 172 Å². The fourth-order valence-corrected chi connectivity index (χ4v) is 4.05. The van der Waals surface area contributed by atoms with E-state index in [0.29, 0.717) is 24.5 Å². The molecule has 29 heavy (non-hydrogen) atoms. The predicted octanol–water partition coefficient (Wildman–Crippen LogP) is 2.29. The van der Waals surface area contributed by atoms with Gasteiger partial charge in [-0.1, -0.05) is 18.2 Å². The number of benzene rings is 2. The van der Waals surface area contributed by atoms with Crippen LogP contribution in [0.3, 0.4) is 0 Å². The van der Waals surface area contributed by atoms with Crippen molar-refractivity contribution >= 4 is 15.9 Å². The summed E-state index contributed by atoms with van der Waals surface area (Å²) in [7, 11) is -0.379. The van der Waals surface area contributed by atoms with Gasteiger partial charge in [0.2, 0.25) is 15.9 Å². The van der Waals surface area contributed by atoms with Gasteiger partial charge in [-0.15, -0.1) is 0 Å². The van der Waals surface area contributed by atoms with Crippen LogP contribution >= 0.6 is 0 Å². The number of nitrogens with one attached hydrogen (secondary N) is 2. The van der Waals surface area contributed by atoms with E-state index >= 15 is 0 Å². The van der Waals surface area contributed by atoms with Gasteiger partial charge >= 0.3 is 0 Å². The summed E-state index contributed by atoms with van der Waals surface area (Å²) < 4.78 is 37.3. The Morgan fingerprint density at radius 2 is 1.59 bits per heavy atom. The lowest BCUT2D eigenvalue weighted by atomic mass is 10.1. The average Bonchev–Trinajstić information content (AvgIpc) is 2.67. The van der Waals surface area contributed by atoms with Crippen molar-refractivity contribution in [2.24, 2.45) is 0 Å². The lowest BCUT2D eigenvalue weighted by Gasteiger charge is -2.11. The van der Waals surface area contributed by atoms with Gasteiger partial charge in [0, 0.05) is 12.6 Å². The molecule has 0 aromatic heterocycles. The highest BCUT2D eigenvalue weighted by molar-refractivity contribution is 7.89. The molecule has 2 aromatic rings. The molecular weight excluding hydrogens is 392 g/mol. The van der Waals surface area contributed by atoms with Crippen LogP contribution in [-0.4, -0.2) is 41.1 Å². The van der Waals surface area contributed by atoms with Gasteiger partial charge in [0.15, 0.2) is 11.5 Å². The molecular formula is C21H28N2O5S. The van der Waals surface area contributed by atoms with Gasteiger partial charge < -0.3 is 14.8 Å². The van der Waals surface area contributed by atoms with Crippen molar-refractivity contribution in [2.45, 2.75) is 37.6 Å². The zero-order chi connectivity index (χ0) is 21.4. The van der Waals surface area contributed by atoms with E-state index in [0.717, 1.165) is 11.1 Å². The van der Waals surface area contributed by atoms with Crippen LogP contribution in [0.2, 0.25) is 0 Å². The number of methoxy groups -OCH3 is 2. The van der Waals surface area contributed by atoms with Crippen LogP contribution in [0, 0.1) is 0 Å². The Morgan fingerprint density at radius 1 is 0.966 bits per heavy atom. The molecule has 0 bridgehead atoms. The van der Waals surface area contributed by atoms with Gasteiger partial charge in [-0.3, -0.25) is 4.79 Å². The zero-order valence-corrected chi connectivity index (χ0v) is 18.0. The van der Waals surface area contributed by atoms with Crippen molar-refractivity contribution in [2.75, 3.05) is 20.8 Å². The molecule has 2 N–H and O–H groups in total. The van der Waals surface area contributed by atoms with Gasteiger partial charge in [0.1, 0.15) is 0 Å². The predicted molar refractivity (Wildman–Crippen MR) is 112 cm³/mol. The van der Waals surface area contributed by atoms with Crippen LogP contribution in [0.25, 0.3) is 0 Å². The number of ether oxygens (including phenoxy) is 2. The Bertz CT molecular complexity index is 925. The third-order valence-electron chi connectivity index (χ3n) is 4.17. The lowest BCUT2D eigenvalue weighted by molar-refractivity contribution is -0.120. The van der Waals surface area contributed by atoms with E-state index in [-0.39, 0.29) is 23.3 Å². The van der Waals surface area contributed by atoms with Gasteiger partial charge in [0.25, 0.3) is 0 Å². The van der Waals surface area contributed by atoms with Crippen LogP contribution in [0.1, 0.15) is 25.0 Å². The van der Waals surface area contributed by atoms with Crippen molar-refractivity contribution in [3.8, 4) is 11.5 Å². The largest absolute Gasteiger partial charge is 0.493 e. The Kier molecular flexibility index (Phi) is 8.04. The van der Waals surface area contributed by atoms with Crippen LogP contribution < -0.4 is 19.5 Å². The number of carbonyl (C=O) groups is 1. The van der Waals surface area contributed by atoms with Crippen LogP contribution in [0.4, 0.5) is 0 Å². The highest BCUT2D eigenvalue weighted by Gasteiger charge is 2.15. The van der Waals surface area contributed by atoms with Crippen LogP contribution in [-0.2, 0) is 27.7 Å². The molecule has 0 aliphatic carbocycles. The number of sulfonamides is 1. The number of carbonyl (C=O) groups excluding carboxylic acids is 1. The summed E-state index contributed by atoms with van der Waals surface area (Å²) in [5.74, 6) is 1.10. The van der Waals surface area contributed by atoms with E-state index < -0.39 is 10.0 Å². The van der Waals surface area contributed by atoms with Crippen molar-refractivity contribution in [3.63, 3.8) is 0 Å². The van der Waals surface area contributed by atoms with Crippen LogP contribution in [0.15, 0.2) is 47.4 Å². The summed E-state index contributed by atoms with van der Waals surface area (Å²) in [5.41, 5.74) is 1.77. The average molecular weight is 421 g/mol. The second-order valence-electron chi connectivity index (χ2n) is 6.89. The van der Waals surface area contributed by atoms with E-state index in [1.165, 1.54) is 0 Å². The van der Waals surface area contributed by atoms with Gasteiger partial charge in [-0.25, -0.2) is 13.1 Å². The summed E-state index contributed by atoms with van der Waals surface area (Å²) in [4.78, 5) is 12.4. The zero-order valence-electron chi connectivity index (χ0n) is 17.2. The summed E-state index contributed by atoms with van der Waals surface area (Å²) >= 11 is 0. The van der Waals surface area contributed by atoms with Gasteiger partial charge in [-0.2, -0.15) is 0 Å². The maximum atomic E-state index is 12.2. The van der Waals surface area contributed by atoms with Crippen molar-refractivity contribution in [1.82, 2.24) is 10.0 Å². The molecule has 0 radical (unpaired) electrons. The minimum Gasteiger partial charge on any atom is -0.493 e. The first-order valence-corrected chi connectivity index (χ1v) is 10.8. The number of hydrogen-bond donors (Lipinski definition) is 2. The molecule has 0 saturated carbocycles. The van der Waals surface area contributed by atoms with Crippen LogP contribution in [0.5, 0.6) is 11.5 Å². The molecule has 0 saturated heterocycles. The van der Waals surface area contributed by atoms with E-state index in [4.69, 9.17) is 9.47 Å². The minimum absolute atomic E-state index is 0.0995. The van der Waals surface area contributed by atoms with E-state index in [9.17, 15) is 13.2 Å². The normalized spacial score (nSPS) is 11.3. The second kappa shape index (κ2) is 10.3. The van der Waals surface area contributed by atoms with Gasteiger partial charge in [-0.05, 0) is 55.7 Å². The molecule has 0 aliphatic heterocycles. The third-order valence-corrected chi connectivity index (χ3v) is 5.85. The molecule has 0 heterocycles. The van der Waals surface area contributed by atoms with Crippen molar-refractivity contribution in [3.05, 3.63) is 53.6 Å². The number of hydrogen-bond acceptors (Lipinski definition) is 5. The van der Waals surface area contributed by atoms with Crippen molar-refractivity contribution in [1.29, 1.82) is 0 Å². The first-order valence-electron chi connectivity index (χ1n) is 9.34. The molecule has 0 unspecified atom stereocenters. The fourth-order valence-electron chi connectivity index (χ4n) is 2.80. The smallest absolute Gasteiger partial charge is 0.240 e. The summed E-state index contributed by atoms with van der Waals surface area (Å²) in [5, 5.41) is 2.88. The molecule has 1 amide bonds. The number of amides is 1. The molecule has 8 heteroatoms. The third kappa shape index (κ3) is 6.76. The monoisotopic (exact) mass is 420 g/mol. The Morgan fingerprint density at radius 3 is 2.17 bits per heavy atom. The first-order chi connectivity index (χ1) is 13.7. The first kappa shape index (κ1) is 22.7. The highest BCUT2D eigenvalue weighted by Crippen LogP contribution is 2.27. The molecule has 0 atom stereocenters. The standard InChI is InChI=1S/C21H28N2O5S/c1-15(2)23-29(25,26)18-8-5-16(6-9-18)11-12-22-21(24)14-17-7-10-19(27-3)20(13-17)28-4/h5-10,13,15,23H,11-12,14H2,1-4H3,(H,22,24). The minimum atomic E-state index is -3.49. The molecule has 0 aliphatic rings. The van der Waals surface area contributed by atoms with Crippen molar-refractivity contribution < 1.29 is 22.7 Å². The van der Waals surface area contributed by atoms with Gasteiger partial charge in [0.05, 0.1) is 25.5 Å². The lowest BCUT2D eigenvalue weighted by Crippen LogP contribution is -2.30. The quantitative estimate of drug-likeness (QED) is 0.615. The molecule has 0 fully saturated rings. The van der Waals surface area contributed by atoms with E-state index in [1.54, 1.807) is 64.5 Å². The fraction of sp³-hybridized carbons (Fsp3) is 0.381. The molecule has 2 rings (SSSR count). The summed E-state index contributed by atoms with van der Waals surface area (Å²) in [6.45, 7) is 4.01. The molecule has 0 spiro atoms. The molecule has 7 nitrogen and oxygen atoms in total. The molecule has 2 aromatic carbocycles. The topological polar surface area (TPSA) is 93.7 Å². The summed E-state index contributed by atoms with van der Waals surface area (Å²) in [6, 6.07) is 11.9.